The topological polar surface area (TPSA) is 66.6 Å². The Bertz CT molecular complexity index is 277. The van der Waals surface area contributed by atoms with Crippen molar-refractivity contribution in [2.24, 2.45) is 11.1 Å². The van der Waals surface area contributed by atoms with E-state index >= 15 is 0 Å². The molecule has 5 heteroatoms. The lowest BCUT2D eigenvalue weighted by molar-refractivity contribution is -0.135. The van der Waals surface area contributed by atoms with E-state index in [1.54, 1.807) is 4.90 Å². The highest BCUT2D eigenvalue weighted by atomic mass is 32.1. The van der Waals surface area contributed by atoms with Crippen LogP contribution in [-0.4, -0.2) is 40.6 Å². The van der Waals surface area contributed by atoms with Crippen LogP contribution >= 0.6 is 12.2 Å². The molecular weight excluding hydrogens is 224 g/mol. The zero-order chi connectivity index (χ0) is 12.2. The van der Waals surface area contributed by atoms with Crippen LogP contribution < -0.4 is 5.73 Å². The molecule has 0 unspecified atom stereocenters. The standard InChI is InChI=1S/C11H20N2O2S/c1-2-3-6-13(7-8-14)10(15)11(4-5-11)9(12)16/h14H,2-8H2,1H3,(H2,12,16). The lowest BCUT2D eigenvalue weighted by Gasteiger charge is -2.26. The van der Waals surface area contributed by atoms with Crippen LogP contribution in [0.1, 0.15) is 32.6 Å². The van der Waals surface area contributed by atoms with E-state index < -0.39 is 5.41 Å². The summed E-state index contributed by atoms with van der Waals surface area (Å²) >= 11 is 4.95. The Morgan fingerprint density at radius 3 is 2.50 bits per heavy atom. The first kappa shape index (κ1) is 13.4. The maximum Gasteiger partial charge on any atom is 0.235 e. The molecular formula is C11H20N2O2S. The van der Waals surface area contributed by atoms with Crippen molar-refractivity contribution in [3.8, 4) is 0 Å². The van der Waals surface area contributed by atoms with Gasteiger partial charge in [0.05, 0.1) is 17.0 Å². The fraction of sp³-hybridized carbons (Fsp3) is 0.818. The molecule has 1 saturated carbocycles. The number of carbonyl (C=O) groups excluding carboxylic acids is 1. The normalized spacial score (nSPS) is 16.9. The van der Waals surface area contributed by atoms with Gasteiger partial charge in [-0.1, -0.05) is 25.6 Å². The predicted molar refractivity (Wildman–Crippen MR) is 67.0 cm³/mol. The molecule has 0 aromatic rings. The third-order valence-corrected chi connectivity index (χ3v) is 3.46. The van der Waals surface area contributed by atoms with E-state index in [4.69, 9.17) is 23.1 Å². The number of nitrogens with two attached hydrogens (primary N) is 1. The average Bonchev–Trinajstić information content (AvgIpc) is 3.04. The largest absolute Gasteiger partial charge is 0.395 e. The highest BCUT2D eigenvalue weighted by molar-refractivity contribution is 7.80. The van der Waals surface area contributed by atoms with E-state index in [0.29, 0.717) is 18.1 Å². The van der Waals surface area contributed by atoms with Gasteiger partial charge in [-0.3, -0.25) is 4.79 Å². The van der Waals surface area contributed by atoms with Crippen molar-refractivity contribution in [3.63, 3.8) is 0 Å². The molecule has 3 N–H and O–H groups in total. The number of amides is 1. The Balaban J connectivity index is 2.63. The molecule has 1 fully saturated rings. The van der Waals surface area contributed by atoms with Crippen LogP contribution in [-0.2, 0) is 4.79 Å². The second kappa shape index (κ2) is 5.59. The fourth-order valence-corrected chi connectivity index (χ4v) is 2.07. The third-order valence-electron chi connectivity index (χ3n) is 3.07. The second-order valence-corrected chi connectivity index (χ2v) is 4.76. The molecule has 16 heavy (non-hydrogen) atoms. The van der Waals surface area contributed by atoms with Crippen LogP contribution in [0.4, 0.5) is 0 Å². The molecule has 0 saturated heterocycles. The van der Waals surface area contributed by atoms with Gasteiger partial charge in [0.1, 0.15) is 0 Å². The Morgan fingerprint density at radius 1 is 1.50 bits per heavy atom. The number of hydrogen-bond acceptors (Lipinski definition) is 3. The lowest BCUT2D eigenvalue weighted by Crippen LogP contribution is -2.44. The van der Waals surface area contributed by atoms with E-state index in [1.165, 1.54) is 0 Å². The molecule has 4 nitrogen and oxygen atoms in total. The van der Waals surface area contributed by atoms with Gasteiger partial charge in [-0.25, -0.2) is 0 Å². The van der Waals surface area contributed by atoms with Crippen LogP contribution in [0.3, 0.4) is 0 Å². The molecule has 92 valence electrons. The van der Waals surface area contributed by atoms with E-state index in [9.17, 15) is 4.79 Å². The number of aliphatic hydroxyl groups excluding tert-OH is 1. The summed E-state index contributed by atoms with van der Waals surface area (Å²) in [6.07, 6.45) is 3.48. The first-order valence-electron chi connectivity index (χ1n) is 5.78. The van der Waals surface area contributed by atoms with Crippen LogP contribution in [0.2, 0.25) is 0 Å². The number of carbonyl (C=O) groups is 1. The smallest absolute Gasteiger partial charge is 0.235 e. The summed E-state index contributed by atoms with van der Waals surface area (Å²) in [5, 5.41) is 8.95. The zero-order valence-electron chi connectivity index (χ0n) is 9.74. The summed E-state index contributed by atoms with van der Waals surface area (Å²) in [4.78, 5) is 14.2. The number of aliphatic hydroxyl groups is 1. The van der Waals surface area contributed by atoms with Crippen molar-refractivity contribution in [2.75, 3.05) is 19.7 Å². The molecule has 1 amide bonds. The number of hydrogen-bond donors (Lipinski definition) is 2. The molecule has 0 aromatic carbocycles. The lowest BCUT2D eigenvalue weighted by atomic mass is 10.1. The fourth-order valence-electron chi connectivity index (χ4n) is 1.78. The first-order chi connectivity index (χ1) is 7.58. The zero-order valence-corrected chi connectivity index (χ0v) is 10.6. The predicted octanol–water partition coefficient (Wildman–Crippen LogP) is 0.674. The summed E-state index contributed by atoms with van der Waals surface area (Å²) in [7, 11) is 0. The minimum Gasteiger partial charge on any atom is -0.395 e. The van der Waals surface area contributed by atoms with Gasteiger partial charge in [0.2, 0.25) is 5.91 Å². The molecule has 1 aliphatic rings. The SMILES string of the molecule is CCCCN(CCO)C(=O)C1(C(N)=S)CC1. The highest BCUT2D eigenvalue weighted by Crippen LogP contribution is 2.47. The highest BCUT2D eigenvalue weighted by Gasteiger charge is 2.54. The Morgan fingerprint density at radius 2 is 2.12 bits per heavy atom. The first-order valence-corrected chi connectivity index (χ1v) is 6.19. The van der Waals surface area contributed by atoms with E-state index in [-0.39, 0.29) is 12.5 Å². The minimum absolute atomic E-state index is 0.00231. The quantitative estimate of drug-likeness (QED) is 0.646. The van der Waals surface area contributed by atoms with E-state index in [0.717, 1.165) is 25.7 Å². The maximum absolute atomic E-state index is 12.2. The Hall–Kier alpha value is -0.680. The van der Waals surface area contributed by atoms with Gasteiger partial charge in [0, 0.05) is 13.1 Å². The Labute approximate surface area is 102 Å². The van der Waals surface area contributed by atoms with Crippen molar-refractivity contribution in [1.82, 2.24) is 4.90 Å². The molecule has 0 radical (unpaired) electrons. The number of nitrogens with zero attached hydrogens (tertiary/aromatic N) is 1. The summed E-state index contributed by atoms with van der Waals surface area (Å²) < 4.78 is 0. The van der Waals surface area contributed by atoms with Crippen LogP contribution in [0.5, 0.6) is 0 Å². The van der Waals surface area contributed by atoms with Crippen molar-refractivity contribution in [3.05, 3.63) is 0 Å². The van der Waals surface area contributed by atoms with Crippen LogP contribution in [0.25, 0.3) is 0 Å². The van der Waals surface area contributed by atoms with Gasteiger partial charge in [-0.2, -0.15) is 0 Å². The maximum atomic E-state index is 12.2. The average molecular weight is 244 g/mol. The number of unbranched alkanes of at least 4 members (excludes halogenated alkanes) is 1. The van der Waals surface area contributed by atoms with Gasteiger partial charge in [-0.15, -0.1) is 0 Å². The third kappa shape index (κ3) is 2.71. The number of thiocarbonyl (C=S) groups is 1. The summed E-state index contributed by atoms with van der Waals surface area (Å²) in [5.74, 6) is 0.00231. The monoisotopic (exact) mass is 244 g/mol. The minimum atomic E-state index is -0.585. The Kier molecular flexibility index (Phi) is 4.68. The summed E-state index contributed by atoms with van der Waals surface area (Å²) in [5.41, 5.74) is 5.03. The van der Waals surface area contributed by atoms with Crippen molar-refractivity contribution >= 4 is 23.1 Å². The van der Waals surface area contributed by atoms with Crippen LogP contribution in [0.15, 0.2) is 0 Å². The molecule has 0 bridgehead atoms. The molecule has 0 spiro atoms. The second-order valence-electron chi connectivity index (χ2n) is 4.32. The van der Waals surface area contributed by atoms with Gasteiger partial charge in [-0.05, 0) is 19.3 Å². The van der Waals surface area contributed by atoms with Crippen LogP contribution in [0, 0.1) is 5.41 Å². The van der Waals surface area contributed by atoms with Crippen molar-refractivity contribution in [1.29, 1.82) is 0 Å². The van der Waals surface area contributed by atoms with Gasteiger partial charge in [0.25, 0.3) is 0 Å². The molecule has 1 aliphatic carbocycles. The van der Waals surface area contributed by atoms with Gasteiger partial charge >= 0.3 is 0 Å². The molecule has 0 aliphatic heterocycles. The van der Waals surface area contributed by atoms with Gasteiger partial charge < -0.3 is 15.7 Å². The molecule has 0 aromatic heterocycles. The summed E-state index contributed by atoms with van der Waals surface area (Å²) in [6.45, 7) is 3.12. The van der Waals surface area contributed by atoms with Crippen molar-refractivity contribution in [2.45, 2.75) is 32.6 Å². The van der Waals surface area contributed by atoms with Crippen molar-refractivity contribution < 1.29 is 9.90 Å². The van der Waals surface area contributed by atoms with E-state index in [1.807, 2.05) is 0 Å². The number of rotatable bonds is 7. The molecule has 1 rings (SSSR count). The van der Waals surface area contributed by atoms with Gasteiger partial charge in [0.15, 0.2) is 0 Å². The molecule has 0 heterocycles. The molecule has 0 atom stereocenters. The summed E-state index contributed by atoms with van der Waals surface area (Å²) in [6, 6.07) is 0. The van der Waals surface area contributed by atoms with E-state index in [2.05, 4.69) is 6.92 Å².